The van der Waals surface area contributed by atoms with Crippen LogP contribution in [-0.2, 0) is 0 Å². The summed E-state index contributed by atoms with van der Waals surface area (Å²) in [7, 11) is 2.27. The zero-order chi connectivity index (χ0) is 14.6. The van der Waals surface area contributed by atoms with Gasteiger partial charge in [-0.05, 0) is 57.1 Å². The largest absolute Gasteiger partial charge is 0.428 e. The number of aromatic nitrogens is 1. The Bertz CT molecular complexity index is 727. The molecule has 6 heteroatoms. The van der Waals surface area contributed by atoms with E-state index in [1.165, 1.54) is 25.7 Å². The third kappa shape index (κ3) is 2.44. The van der Waals surface area contributed by atoms with Crippen LogP contribution in [0.2, 0.25) is 5.02 Å². The Morgan fingerprint density at radius 1 is 1.33 bits per heavy atom. The Morgan fingerprint density at radius 3 is 2.76 bits per heavy atom. The molecule has 112 valence electrons. The molecular formula is C15H17ClN2OS2. The van der Waals surface area contributed by atoms with Crippen LogP contribution >= 0.6 is 35.6 Å². The van der Waals surface area contributed by atoms with Gasteiger partial charge in [-0.1, -0.05) is 11.6 Å². The number of fused-ring (bicyclic) bond motifs is 3. The molecule has 3 nitrogen and oxygen atoms in total. The van der Waals surface area contributed by atoms with Crippen LogP contribution in [0, 0.1) is 4.84 Å². The third-order valence-corrected chi connectivity index (χ3v) is 6.83. The lowest BCUT2D eigenvalue weighted by Gasteiger charge is -2.36. The van der Waals surface area contributed by atoms with Gasteiger partial charge in [0, 0.05) is 22.2 Å². The maximum Gasteiger partial charge on any atom is 0.266 e. The van der Waals surface area contributed by atoms with Gasteiger partial charge in [-0.3, -0.25) is 0 Å². The first kappa shape index (κ1) is 14.1. The average Bonchev–Trinajstić information content (AvgIpc) is 2.90. The number of piperidine rings is 1. The first-order chi connectivity index (χ1) is 10.1. The molecule has 2 unspecified atom stereocenters. The van der Waals surface area contributed by atoms with Crippen molar-refractivity contribution in [3.63, 3.8) is 0 Å². The lowest BCUT2D eigenvalue weighted by molar-refractivity contribution is 0.183. The number of hydrogen-bond acceptors (Lipinski definition) is 4. The molecule has 2 atom stereocenters. The highest BCUT2D eigenvalue weighted by Gasteiger charge is 2.38. The monoisotopic (exact) mass is 340 g/mol. The second-order valence-corrected chi connectivity index (χ2v) is 8.12. The molecule has 0 saturated carbocycles. The van der Waals surface area contributed by atoms with Crippen molar-refractivity contribution in [1.82, 2.24) is 9.88 Å². The van der Waals surface area contributed by atoms with Gasteiger partial charge in [0.2, 0.25) is 0 Å². The van der Waals surface area contributed by atoms with Crippen molar-refractivity contribution in [3.8, 4) is 0 Å². The molecule has 3 heterocycles. The fourth-order valence-electron chi connectivity index (χ4n) is 3.69. The Morgan fingerprint density at radius 2 is 2.05 bits per heavy atom. The molecule has 1 aromatic carbocycles. The van der Waals surface area contributed by atoms with Crippen molar-refractivity contribution in [2.24, 2.45) is 0 Å². The first-order valence-corrected chi connectivity index (χ1v) is 8.98. The van der Waals surface area contributed by atoms with Crippen LogP contribution in [0.4, 0.5) is 0 Å². The van der Waals surface area contributed by atoms with Crippen molar-refractivity contribution in [1.29, 1.82) is 0 Å². The van der Waals surface area contributed by atoms with Crippen molar-refractivity contribution in [3.05, 3.63) is 22.0 Å². The van der Waals surface area contributed by atoms with Crippen molar-refractivity contribution in [2.75, 3.05) is 7.05 Å². The van der Waals surface area contributed by atoms with E-state index < -0.39 is 0 Å². The second-order valence-electron chi connectivity index (χ2n) is 6.03. The first-order valence-electron chi connectivity index (χ1n) is 7.31. The Kier molecular flexibility index (Phi) is 3.57. The molecule has 2 saturated heterocycles. The number of thioether (sulfide) groups is 1. The van der Waals surface area contributed by atoms with E-state index in [9.17, 15) is 0 Å². The number of nitrogens with one attached hydrogen (secondary N) is 1. The van der Waals surface area contributed by atoms with Crippen LogP contribution in [0.1, 0.15) is 25.7 Å². The summed E-state index contributed by atoms with van der Waals surface area (Å²) < 4.78 is 5.51. The van der Waals surface area contributed by atoms with Crippen LogP contribution in [0.3, 0.4) is 0 Å². The van der Waals surface area contributed by atoms with Gasteiger partial charge >= 0.3 is 0 Å². The molecule has 2 fully saturated rings. The van der Waals surface area contributed by atoms with E-state index in [4.69, 9.17) is 28.2 Å². The molecule has 0 aliphatic carbocycles. The van der Waals surface area contributed by atoms with Crippen LogP contribution in [-0.4, -0.2) is 34.3 Å². The molecule has 1 N–H and O–H groups in total. The van der Waals surface area contributed by atoms with E-state index in [2.05, 4.69) is 23.0 Å². The van der Waals surface area contributed by atoms with Crippen LogP contribution < -0.4 is 0 Å². The maximum atomic E-state index is 6.50. The van der Waals surface area contributed by atoms with Crippen LogP contribution in [0.15, 0.2) is 21.4 Å². The minimum atomic E-state index is 0.381. The zero-order valence-corrected chi connectivity index (χ0v) is 14.2. The second kappa shape index (κ2) is 5.30. The van der Waals surface area contributed by atoms with E-state index in [0.717, 1.165) is 22.5 Å². The van der Waals surface area contributed by atoms with Crippen LogP contribution in [0.25, 0.3) is 11.1 Å². The molecule has 4 rings (SSSR count). The minimum absolute atomic E-state index is 0.381. The van der Waals surface area contributed by atoms with E-state index in [0.29, 0.717) is 20.7 Å². The van der Waals surface area contributed by atoms with Gasteiger partial charge in [-0.2, -0.15) is 0 Å². The van der Waals surface area contributed by atoms with E-state index >= 15 is 0 Å². The number of rotatable bonds is 2. The summed E-state index contributed by atoms with van der Waals surface area (Å²) >= 11 is 13.4. The third-order valence-electron chi connectivity index (χ3n) is 4.84. The normalized spacial score (nSPS) is 29.3. The van der Waals surface area contributed by atoms with Gasteiger partial charge < -0.3 is 14.3 Å². The summed E-state index contributed by atoms with van der Waals surface area (Å²) in [4.78, 5) is 7.06. The van der Waals surface area contributed by atoms with Crippen LogP contribution in [0.5, 0.6) is 0 Å². The van der Waals surface area contributed by atoms with Crippen molar-refractivity contribution >= 4 is 46.7 Å². The molecule has 1 aromatic heterocycles. The predicted molar refractivity (Wildman–Crippen MR) is 89.9 cm³/mol. The SMILES string of the molecule is CN1C2CCC1CC(Sc1ccc3[nH]c(=S)oc3c1Cl)C2. The highest BCUT2D eigenvalue weighted by molar-refractivity contribution is 8.00. The van der Waals surface area contributed by atoms with Gasteiger partial charge in [0.15, 0.2) is 5.58 Å². The summed E-state index contributed by atoms with van der Waals surface area (Å²) in [6.07, 6.45) is 5.19. The lowest BCUT2D eigenvalue weighted by Crippen LogP contribution is -2.40. The van der Waals surface area contributed by atoms with E-state index in [1.807, 2.05) is 17.8 Å². The van der Waals surface area contributed by atoms with Crippen molar-refractivity contribution in [2.45, 2.75) is 47.9 Å². The Balaban J connectivity index is 1.60. The molecule has 2 aliphatic rings. The fourth-order valence-corrected chi connectivity index (χ4v) is 5.56. The van der Waals surface area contributed by atoms with Gasteiger partial charge in [0.1, 0.15) is 0 Å². The number of oxazole rings is 1. The van der Waals surface area contributed by atoms with Crippen molar-refractivity contribution < 1.29 is 4.42 Å². The molecule has 2 aliphatic heterocycles. The Hall–Kier alpha value is -0.490. The molecule has 0 radical (unpaired) electrons. The van der Waals surface area contributed by atoms with Gasteiger partial charge in [0.25, 0.3) is 4.84 Å². The Labute approximate surface area is 138 Å². The topological polar surface area (TPSA) is 32.2 Å². The standard InChI is InChI=1S/C15H17ClN2OS2/c1-18-8-2-3-9(18)7-10(6-8)21-12-5-4-11-14(13(12)16)19-15(20)17-11/h4-5,8-10H,2-3,6-7H2,1H3,(H,17,20). The van der Waals surface area contributed by atoms with Gasteiger partial charge in [-0.15, -0.1) is 11.8 Å². The highest BCUT2D eigenvalue weighted by atomic mass is 35.5. The smallest absolute Gasteiger partial charge is 0.266 e. The summed E-state index contributed by atoms with van der Waals surface area (Å²) in [5.41, 5.74) is 1.56. The van der Waals surface area contributed by atoms with Gasteiger partial charge in [0.05, 0.1) is 10.5 Å². The molecule has 21 heavy (non-hydrogen) atoms. The number of aromatic amines is 1. The number of benzene rings is 1. The fraction of sp³-hybridized carbons (Fsp3) is 0.533. The number of hydrogen-bond donors (Lipinski definition) is 1. The molecule has 2 aromatic rings. The maximum absolute atomic E-state index is 6.50. The summed E-state index contributed by atoms with van der Waals surface area (Å²) in [6.45, 7) is 0. The summed E-state index contributed by atoms with van der Waals surface area (Å²) in [5, 5.41) is 1.34. The minimum Gasteiger partial charge on any atom is -0.428 e. The number of halogens is 1. The molecule has 0 spiro atoms. The quantitative estimate of drug-likeness (QED) is 0.791. The molecule has 0 amide bonds. The number of H-pyrrole nitrogens is 1. The average molecular weight is 341 g/mol. The van der Waals surface area contributed by atoms with E-state index in [1.54, 1.807) is 0 Å². The highest BCUT2D eigenvalue weighted by Crippen LogP contribution is 2.44. The number of nitrogens with zero attached hydrogens (tertiary/aromatic N) is 1. The zero-order valence-electron chi connectivity index (χ0n) is 11.8. The lowest BCUT2D eigenvalue weighted by atomic mass is 10.0. The molecular weight excluding hydrogens is 324 g/mol. The molecule has 2 bridgehead atoms. The van der Waals surface area contributed by atoms with Gasteiger partial charge in [-0.25, -0.2) is 0 Å². The summed E-state index contributed by atoms with van der Waals surface area (Å²) in [5.74, 6) is 0. The summed E-state index contributed by atoms with van der Waals surface area (Å²) in [6, 6.07) is 5.59. The predicted octanol–water partition coefficient (Wildman–Crippen LogP) is 4.86. The van der Waals surface area contributed by atoms with E-state index in [-0.39, 0.29) is 0 Å².